The number of rotatable bonds is 2. The molecule has 0 saturated carbocycles. The van der Waals surface area contributed by atoms with Crippen LogP contribution in [0.5, 0.6) is 0 Å². The summed E-state index contributed by atoms with van der Waals surface area (Å²) in [5, 5.41) is 3.41. The molecule has 0 spiro atoms. The summed E-state index contributed by atoms with van der Waals surface area (Å²) < 4.78 is 11.4. The van der Waals surface area contributed by atoms with E-state index in [-0.39, 0.29) is 5.72 Å². The van der Waals surface area contributed by atoms with E-state index in [4.69, 9.17) is 9.47 Å². The Morgan fingerprint density at radius 3 is 2.92 bits per heavy atom. The van der Waals surface area contributed by atoms with E-state index in [0.717, 1.165) is 19.6 Å². The fourth-order valence-corrected chi connectivity index (χ4v) is 2.25. The van der Waals surface area contributed by atoms with E-state index in [9.17, 15) is 0 Å². The third kappa shape index (κ3) is 2.22. The zero-order valence-corrected chi connectivity index (χ0v) is 8.51. The Morgan fingerprint density at radius 2 is 2.38 bits per heavy atom. The molecule has 0 bridgehead atoms. The summed E-state index contributed by atoms with van der Waals surface area (Å²) in [5.74, 6) is 0. The summed E-state index contributed by atoms with van der Waals surface area (Å²) in [6.45, 7) is 6.12. The maximum absolute atomic E-state index is 5.82. The maximum atomic E-state index is 5.82. The molecule has 2 heterocycles. The van der Waals surface area contributed by atoms with Crippen molar-refractivity contribution in [3.05, 3.63) is 0 Å². The fraction of sp³-hybridized carbons (Fsp3) is 1.00. The first-order valence-corrected chi connectivity index (χ1v) is 5.22. The van der Waals surface area contributed by atoms with Gasteiger partial charge in [-0.2, -0.15) is 0 Å². The highest BCUT2D eigenvalue weighted by atomic mass is 16.5. The number of ether oxygens (including phenoxy) is 2. The Morgan fingerprint density at radius 1 is 1.54 bits per heavy atom. The maximum Gasteiger partial charge on any atom is 0.119 e. The van der Waals surface area contributed by atoms with Crippen LogP contribution in [0.15, 0.2) is 0 Å². The third-order valence-electron chi connectivity index (χ3n) is 2.87. The highest BCUT2D eigenvalue weighted by molar-refractivity contribution is 4.85. The van der Waals surface area contributed by atoms with E-state index < -0.39 is 0 Å². The summed E-state index contributed by atoms with van der Waals surface area (Å²) in [5.41, 5.74) is -0.144. The van der Waals surface area contributed by atoms with Gasteiger partial charge in [0.2, 0.25) is 0 Å². The largest absolute Gasteiger partial charge is 0.378 e. The normalized spacial score (nSPS) is 45.7. The van der Waals surface area contributed by atoms with E-state index in [2.05, 4.69) is 19.2 Å². The fourth-order valence-electron chi connectivity index (χ4n) is 2.25. The molecule has 2 aliphatic heterocycles. The average Bonchev–Trinajstić information content (AvgIpc) is 2.62. The molecule has 2 aliphatic rings. The minimum Gasteiger partial charge on any atom is -0.378 e. The van der Waals surface area contributed by atoms with E-state index in [1.165, 1.54) is 12.8 Å². The zero-order valence-electron chi connectivity index (χ0n) is 8.51. The molecule has 0 aromatic rings. The molecule has 3 heteroatoms. The molecule has 0 aromatic heterocycles. The third-order valence-corrected chi connectivity index (χ3v) is 2.87. The topological polar surface area (TPSA) is 30.5 Å². The van der Waals surface area contributed by atoms with Crippen molar-refractivity contribution in [1.82, 2.24) is 5.32 Å². The highest BCUT2D eigenvalue weighted by Crippen LogP contribution is 2.27. The molecule has 2 rings (SSSR count). The predicted octanol–water partition coefficient (Wildman–Crippen LogP) is 1.28. The Labute approximate surface area is 79.8 Å². The van der Waals surface area contributed by atoms with Crippen molar-refractivity contribution in [3.63, 3.8) is 0 Å². The van der Waals surface area contributed by atoms with Crippen molar-refractivity contribution >= 4 is 0 Å². The van der Waals surface area contributed by atoms with Crippen molar-refractivity contribution in [3.8, 4) is 0 Å². The van der Waals surface area contributed by atoms with Crippen molar-refractivity contribution in [1.29, 1.82) is 0 Å². The lowest BCUT2D eigenvalue weighted by Gasteiger charge is -2.27. The smallest absolute Gasteiger partial charge is 0.119 e. The van der Waals surface area contributed by atoms with E-state index >= 15 is 0 Å². The van der Waals surface area contributed by atoms with Gasteiger partial charge in [-0.1, -0.05) is 0 Å². The van der Waals surface area contributed by atoms with Crippen LogP contribution in [0.2, 0.25) is 0 Å². The Bertz CT molecular complexity index is 180. The molecule has 76 valence electrons. The van der Waals surface area contributed by atoms with Crippen LogP contribution in [0.25, 0.3) is 0 Å². The monoisotopic (exact) mass is 185 g/mol. The van der Waals surface area contributed by atoms with Crippen LogP contribution < -0.4 is 5.32 Å². The second kappa shape index (κ2) is 3.56. The number of hydrogen-bond acceptors (Lipinski definition) is 3. The molecule has 3 nitrogen and oxygen atoms in total. The van der Waals surface area contributed by atoms with Crippen LogP contribution >= 0.6 is 0 Å². The SMILES string of the molecule is CC1CNC(C)(CC2CCCO2)O1. The van der Waals surface area contributed by atoms with Gasteiger partial charge in [0.1, 0.15) is 5.72 Å². The minimum atomic E-state index is -0.144. The van der Waals surface area contributed by atoms with Crippen LogP contribution in [-0.4, -0.2) is 31.1 Å². The summed E-state index contributed by atoms with van der Waals surface area (Å²) >= 11 is 0. The molecule has 13 heavy (non-hydrogen) atoms. The molecule has 1 N–H and O–H groups in total. The standard InChI is InChI=1S/C10H19NO2/c1-8-7-11-10(2,13-8)6-9-4-3-5-12-9/h8-9,11H,3-7H2,1-2H3. The van der Waals surface area contributed by atoms with E-state index in [1.54, 1.807) is 0 Å². The molecular formula is C10H19NO2. The summed E-state index contributed by atoms with van der Waals surface area (Å²) in [4.78, 5) is 0. The van der Waals surface area contributed by atoms with Crippen LogP contribution in [0.3, 0.4) is 0 Å². The Balaban J connectivity index is 1.85. The Hall–Kier alpha value is -0.120. The van der Waals surface area contributed by atoms with E-state index in [1.807, 2.05) is 0 Å². The molecular weight excluding hydrogens is 166 g/mol. The van der Waals surface area contributed by atoms with Gasteiger partial charge in [0, 0.05) is 19.6 Å². The molecule has 0 amide bonds. The number of hydrogen-bond donors (Lipinski definition) is 1. The first-order valence-electron chi connectivity index (χ1n) is 5.22. The van der Waals surface area contributed by atoms with Crippen molar-refractivity contribution < 1.29 is 9.47 Å². The van der Waals surface area contributed by atoms with Crippen LogP contribution in [0.4, 0.5) is 0 Å². The number of nitrogens with one attached hydrogen (secondary N) is 1. The molecule has 0 radical (unpaired) electrons. The van der Waals surface area contributed by atoms with Gasteiger partial charge in [0.05, 0.1) is 12.2 Å². The molecule has 3 unspecified atom stereocenters. The van der Waals surface area contributed by atoms with Gasteiger partial charge >= 0.3 is 0 Å². The summed E-state index contributed by atoms with van der Waals surface area (Å²) in [7, 11) is 0. The first-order chi connectivity index (χ1) is 6.18. The van der Waals surface area contributed by atoms with Crippen molar-refractivity contribution in [2.75, 3.05) is 13.2 Å². The van der Waals surface area contributed by atoms with Crippen molar-refractivity contribution in [2.24, 2.45) is 0 Å². The summed E-state index contributed by atoms with van der Waals surface area (Å²) in [6, 6.07) is 0. The van der Waals surface area contributed by atoms with Crippen LogP contribution in [-0.2, 0) is 9.47 Å². The Kier molecular flexibility index (Phi) is 2.58. The lowest BCUT2D eigenvalue weighted by atomic mass is 10.1. The predicted molar refractivity (Wildman–Crippen MR) is 50.5 cm³/mol. The average molecular weight is 185 g/mol. The van der Waals surface area contributed by atoms with Gasteiger partial charge < -0.3 is 9.47 Å². The van der Waals surface area contributed by atoms with Gasteiger partial charge in [0.25, 0.3) is 0 Å². The van der Waals surface area contributed by atoms with Gasteiger partial charge in [-0.25, -0.2) is 0 Å². The molecule has 2 saturated heterocycles. The lowest BCUT2D eigenvalue weighted by molar-refractivity contribution is -0.0634. The molecule has 2 fully saturated rings. The van der Waals surface area contributed by atoms with Gasteiger partial charge in [-0.15, -0.1) is 0 Å². The zero-order chi connectivity index (χ0) is 9.31. The quantitative estimate of drug-likeness (QED) is 0.703. The van der Waals surface area contributed by atoms with Crippen LogP contribution in [0, 0.1) is 0 Å². The molecule has 0 aromatic carbocycles. The lowest BCUT2D eigenvalue weighted by Crippen LogP contribution is -2.40. The van der Waals surface area contributed by atoms with Crippen LogP contribution in [0.1, 0.15) is 33.1 Å². The first kappa shape index (κ1) is 9.44. The van der Waals surface area contributed by atoms with Gasteiger partial charge in [0.15, 0.2) is 0 Å². The molecule has 3 atom stereocenters. The second-order valence-corrected chi connectivity index (χ2v) is 4.38. The second-order valence-electron chi connectivity index (χ2n) is 4.38. The minimum absolute atomic E-state index is 0.144. The highest BCUT2D eigenvalue weighted by Gasteiger charge is 2.36. The summed E-state index contributed by atoms with van der Waals surface area (Å²) in [6.07, 6.45) is 4.12. The van der Waals surface area contributed by atoms with Gasteiger partial charge in [-0.3, -0.25) is 5.32 Å². The van der Waals surface area contributed by atoms with Crippen molar-refractivity contribution in [2.45, 2.75) is 51.0 Å². The van der Waals surface area contributed by atoms with E-state index in [0.29, 0.717) is 12.2 Å². The van der Waals surface area contributed by atoms with Gasteiger partial charge in [-0.05, 0) is 26.7 Å². The molecule has 0 aliphatic carbocycles.